The fourth-order valence-electron chi connectivity index (χ4n) is 4.05. The molecule has 0 bridgehead atoms. The lowest BCUT2D eigenvalue weighted by Crippen LogP contribution is -2.33. The van der Waals surface area contributed by atoms with Crippen molar-refractivity contribution in [3.63, 3.8) is 0 Å². The van der Waals surface area contributed by atoms with Crippen molar-refractivity contribution in [1.29, 1.82) is 0 Å². The fourth-order valence-corrected chi connectivity index (χ4v) is 4.05. The van der Waals surface area contributed by atoms with Crippen LogP contribution in [0.4, 0.5) is 4.39 Å². The number of amides is 1. The molecule has 0 aliphatic carbocycles. The molecule has 2 atom stereocenters. The molecule has 27 heavy (non-hydrogen) atoms. The number of likely N-dealkylation sites (tertiary alicyclic amines) is 1. The number of fused-ring (bicyclic) bond motifs is 2. The minimum absolute atomic E-state index is 0. The molecule has 2 fully saturated rings. The quantitative estimate of drug-likeness (QED) is 0.777. The Balaban J connectivity index is 0.00000131. The van der Waals surface area contributed by atoms with Crippen LogP contribution in [0.3, 0.4) is 0 Å². The van der Waals surface area contributed by atoms with Crippen LogP contribution in [-0.4, -0.2) is 47.0 Å². The van der Waals surface area contributed by atoms with Gasteiger partial charge in [0.25, 0.3) is 5.91 Å². The van der Waals surface area contributed by atoms with Gasteiger partial charge in [0, 0.05) is 19.2 Å². The lowest BCUT2D eigenvalue weighted by molar-refractivity contribution is 0.0760. The third kappa shape index (κ3) is 4.18. The lowest BCUT2D eigenvalue weighted by Gasteiger charge is -2.21. The number of halogens is 3. The van der Waals surface area contributed by atoms with Crippen LogP contribution < -0.4 is 5.32 Å². The van der Waals surface area contributed by atoms with E-state index in [0.717, 1.165) is 50.4 Å². The van der Waals surface area contributed by atoms with Crippen molar-refractivity contribution in [1.82, 2.24) is 20.2 Å². The highest BCUT2D eigenvalue weighted by Crippen LogP contribution is 2.28. The summed E-state index contributed by atoms with van der Waals surface area (Å²) in [5.41, 5.74) is 2.80. The van der Waals surface area contributed by atoms with Crippen LogP contribution >= 0.6 is 24.8 Å². The lowest BCUT2D eigenvalue weighted by atomic mass is 9.92. The Labute approximate surface area is 170 Å². The summed E-state index contributed by atoms with van der Waals surface area (Å²) in [7, 11) is 0. The number of aromatic nitrogens is 2. The Morgan fingerprint density at radius 2 is 1.67 bits per heavy atom. The van der Waals surface area contributed by atoms with Crippen molar-refractivity contribution in [2.45, 2.75) is 26.7 Å². The standard InChI is InChI=1S/C19H23FN4O.2ClH/c1-11-12(2)23-18-16(7-15(20)8-17(18)22-11)19(25)24-5-3-13-9-21-10-14(13)4-6-24;;/h7-8,13-14,21H,3-6,9-10H2,1-2H3;2*1H/t13-,14+;;. The molecule has 2 aliphatic rings. The number of hydrogen-bond acceptors (Lipinski definition) is 4. The molecule has 0 radical (unpaired) electrons. The maximum absolute atomic E-state index is 14.1. The van der Waals surface area contributed by atoms with Gasteiger partial charge >= 0.3 is 0 Å². The summed E-state index contributed by atoms with van der Waals surface area (Å²) in [5.74, 6) is 0.720. The Kier molecular flexibility index (Phi) is 7.00. The maximum Gasteiger partial charge on any atom is 0.256 e. The summed E-state index contributed by atoms with van der Waals surface area (Å²) >= 11 is 0. The van der Waals surface area contributed by atoms with Crippen LogP contribution in [0, 0.1) is 31.5 Å². The molecule has 2 aliphatic heterocycles. The first-order valence-electron chi connectivity index (χ1n) is 8.97. The average Bonchev–Trinajstić information content (AvgIpc) is 2.94. The van der Waals surface area contributed by atoms with Crippen LogP contribution in [0.15, 0.2) is 12.1 Å². The van der Waals surface area contributed by atoms with Gasteiger partial charge in [-0.2, -0.15) is 0 Å². The molecule has 1 aromatic heterocycles. The van der Waals surface area contributed by atoms with Crippen molar-refractivity contribution >= 4 is 41.8 Å². The first kappa shape index (κ1) is 21.8. The van der Waals surface area contributed by atoms with E-state index in [0.29, 0.717) is 28.4 Å². The summed E-state index contributed by atoms with van der Waals surface area (Å²) in [6, 6.07) is 2.66. The molecule has 2 aromatic rings. The Morgan fingerprint density at radius 3 is 2.30 bits per heavy atom. The predicted octanol–water partition coefficient (Wildman–Crippen LogP) is 3.30. The predicted molar refractivity (Wildman–Crippen MR) is 108 cm³/mol. The normalized spacial score (nSPS) is 21.8. The molecule has 5 nitrogen and oxygen atoms in total. The molecule has 1 aromatic carbocycles. The Morgan fingerprint density at radius 1 is 1.07 bits per heavy atom. The summed E-state index contributed by atoms with van der Waals surface area (Å²) in [4.78, 5) is 23.9. The van der Waals surface area contributed by atoms with Gasteiger partial charge in [-0.3, -0.25) is 4.79 Å². The van der Waals surface area contributed by atoms with E-state index in [1.807, 2.05) is 18.7 Å². The van der Waals surface area contributed by atoms with Crippen molar-refractivity contribution in [3.8, 4) is 0 Å². The van der Waals surface area contributed by atoms with E-state index < -0.39 is 5.82 Å². The van der Waals surface area contributed by atoms with Crippen LogP contribution in [0.25, 0.3) is 11.0 Å². The molecule has 2 saturated heterocycles. The number of carbonyl (C=O) groups excluding carboxylic acids is 1. The molecule has 1 N–H and O–H groups in total. The van der Waals surface area contributed by atoms with Crippen LogP contribution in [0.2, 0.25) is 0 Å². The van der Waals surface area contributed by atoms with E-state index in [9.17, 15) is 9.18 Å². The monoisotopic (exact) mass is 414 g/mol. The van der Waals surface area contributed by atoms with Gasteiger partial charge in [-0.05, 0) is 57.7 Å². The summed E-state index contributed by atoms with van der Waals surface area (Å²) < 4.78 is 14.1. The first-order chi connectivity index (χ1) is 12.0. The smallest absolute Gasteiger partial charge is 0.256 e. The molecule has 4 rings (SSSR count). The highest BCUT2D eigenvalue weighted by Gasteiger charge is 2.32. The van der Waals surface area contributed by atoms with E-state index in [1.165, 1.54) is 12.1 Å². The van der Waals surface area contributed by atoms with Crippen LogP contribution in [0.5, 0.6) is 0 Å². The zero-order valence-corrected chi connectivity index (χ0v) is 17.1. The molecule has 0 saturated carbocycles. The maximum atomic E-state index is 14.1. The minimum atomic E-state index is -0.440. The molecule has 1 amide bonds. The summed E-state index contributed by atoms with van der Waals surface area (Å²) in [5, 5.41) is 3.44. The molecule has 148 valence electrons. The van der Waals surface area contributed by atoms with E-state index in [-0.39, 0.29) is 30.7 Å². The van der Waals surface area contributed by atoms with Gasteiger partial charge in [0.05, 0.1) is 22.5 Å². The number of nitrogens with zero attached hydrogens (tertiary/aromatic N) is 3. The molecular weight excluding hydrogens is 390 g/mol. The molecule has 0 unspecified atom stereocenters. The molecule has 3 heterocycles. The second-order valence-corrected chi connectivity index (χ2v) is 7.26. The second-order valence-electron chi connectivity index (χ2n) is 7.26. The average molecular weight is 415 g/mol. The highest BCUT2D eigenvalue weighted by molar-refractivity contribution is 6.04. The third-order valence-corrected chi connectivity index (χ3v) is 5.68. The van der Waals surface area contributed by atoms with Gasteiger partial charge in [0.15, 0.2) is 0 Å². The van der Waals surface area contributed by atoms with Gasteiger partial charge < -0.3 is 10.2 Å². The Hall–Kier alpha value is -1.50. The van der Waals surface area contributed by atoms with Crippen molar-refractivity contribution in [3.05, 3.63) is 34.9 Å². The zero-order valence-electron chi connectivity index (χ0n) is 15.5. The topological polar surface area (TPSA) is 58.1 Å². The van der Waals surface area contributed by atoms with Crippen LogP contribution in [0.1, 0.15) is 34.6 Å². The highest BCUT2D eigenvalue weighted by atomic mass is 35.5. The largest absolute Gasteiger partial charge is 0.339 e. The van der Waals surface area contributed by atoms with E-state index in [4.69, 9.17) is 0 Å². The van der Waals surface area contributed by atoms with Gasteiger partial charge in [-0.15, -0.1) is 24.8 Å². The number of hydrogen-bond donors (Lipinski definition) is 1. The third-order valence-electron chi connectivity index (χ3n) is 5.68. The molecule has 8 heteroatoms. The van der Waals surface area contributed by atoms with E-state index in [2.05, 4.69) is 15.3 Å². The zero-order chi connectivity index (χ0) is 17.6. The van der Waals surface area contributed by atoms with Gasteiger partial charge in [0.2, 0.25) is 0 Å². The number of benzene rings is 1. The van der Waals surface area contributed by atoms with Gasteiger partial charge in [-0.1, -0.05) is 0 Å². The summed E-state index contributed by atoms with van der Waals surface area (Å²) in [6.07, 6.45) is 2.00. The number of aryl methyl sites for hydroxylation is 2. The fraction of sp³-hybridized carbons (Fsp3) is 0.526. The van der Waals surface area contributed by atoms with Gasteiger partial charge in [-0.25, -0.2) is 14.4 Å². The number of nitrogens with one attached hydrogen (secondary N) is 1. The molecular formula is C19H25Cl2FN4O. The van der Waals surface area contributed by atoms with Gasteiger partial charge in [0.1, 0.15) is 11.3 Å². The summed E-state index contributed by atoms with van der Waals surface area (Å²) in [6.45, 7) is 7.23. The van der Waals surface area contributed by atoms with Crippen molar-refractivity contribution in [2.75, 3.05) is 26.2 Å². The van der Waals surface area contributed by atoms with E-state index >= 15 is 0 Å². The molecule has 0 spiro atoms. The SMILES string of the molecule is Cc1nc2cc(F)cc(C(=O)N3CC[C@@H]4CNC[C@@H]4CC3)c2nc1C.Cl.Cl. The first-order valence-corrected chi connectivity index (χ1v) is 8.97. The number of rotatable bonds is 1. The Bertz CT molecular complexity index is 834. The van der Waals surface area contributed by atoms with E-state index in [1.54, 1.807) is 0 Å². The number of carbonyl (C=O) groups is 1. The second kappa shape index (κ2) is 8.67. The van der Waals surface area contributed by atoms with Crippen LogP contribution in [-0.2, 0) is 0 Å². The van der Waals surface area contributed by atoms with Crippen molar-refractivity contribution < 1.29 is 9.18 Å². The minimum Gasteiger partial charge on any atom is -0.339 e. The van der Waals surface area contributed by atoms with Crippen molar-refractivity contribution in [2.24, 2.45) is 11.8 Å².